The number of para-hydroxylation sites is 1. The van der Waals surface area contributed by atoms with Gasteiger partial charge in [-0.2, -0.15) is 0 Å². The first-order valence-corrected chi connectivity index (χ1v) is 7.46. The van der Waals surface area contributed by atoms with E-state index in [1.165, 1.54) is 37.7 Å². The van der Waals surface area contributed by atoms with Crippen molar-refractivity contribution in [2.45, 2.75) is 38.1 Å². The van der Waals surface area contributed by atoms with Crippen LogP contribution in [0.3, 0.4) is 0 Å². The van der Waals surface area contributed by atoms with Crippen LogP contribution in [0.5, 0.6) is 11.5 Å². The monoisotopic (exact) mass is 261 g/mol. The van der Waals surface area contributed by atoms with Crippen LogP contribution >= 0.6 is 0 Å². The largest absolute Gasteiger partial charge is 0.486 e. The second kappa shape index (κ2) is 5.83. The third-order valence-corrected chi connectivity index (χ3v) is 4.36. The zero-order chi connectivity index (χ0) is 13.1. The number of nitrogens with one attached hydrogen (secondary N) is 1. The van der Waals surface area contributed by atoms with Gasteiger partial charge in [-0.25, -0.2) is 0 Å². The van der Waals surface area contributed by atoms with Crippen molar-refractivity contribution in [3.8, 4) is 11.5 Å². The van der Waals surface area contributed by atoms with Gasteiger partial charge in [0, 0.05) is 11.6 Å². The van der Waals surface area contributed by atoms with Gasteiger partial charge in [0.05, 0.1) is 0 Å². The molecule has 1 aliphatic heterocycles. The van der Waals surface area contributed by atoms with Gasteiger partial charge in [0.25, 0.3) is 0 Å². The molecule has 3 rings (SSSR count). The molecule has 19 heavy (non-hydrogen) atoms. The van der Waals surface area contributed by atoms with Crippen LogP contribution in [0.15, 0.2) is 18.2 Å². The Balaban J connectivity index is 1.90. The highest BCUT2D eigenvalue weighted by molar-refractivity contribution is 5.49. The molecule has 2 aliphatic rings. The van der Waals surface area contributed by atoms with Gasteiger partial charge in [0.1, 0.15) is 13.2 Å². The van der Waals surface area contributed by atoms with E-state index in [9.17, 15) is 0 Å². The summed E-state index contributed by atoms with van der Waals surface area (Å²) in [6.07, 6.45) is 6.73. The predicted octanol–water partition coefficient (Wildman–Crippen LogP) is 3.30. The van der Waals surface area contributed by atoms with Gasteiger partial charge >= 0.3 is 0 Å². The summed E-state index contributed by atoms with van der Waals surface area (Å²) >= 11 is 0. The van der Waals surface area contributed by atoms with E-state index in [1.807, 2.05) is 6.07 Å². The summed E-state index contributed by atoms with van der Waals surface area (Å²) < 4.78 is 11.6. The lowest BCUT2D eigenvalue weighted by Gasteiger charge is -2.32. The molecular weight excluding hydrogens is 238 g/mol. The summed E-state index contributed by atoms with van der Waals surface area (Å²) in [4.78, 5) is 0. The van der Waals surface area contributed by atoms with Crippen molar-refractivity contribution >= 4 is 0 Å². The molecule has 0 aromatic heterocycles. The van der Waals surface area contributed by atoms with Gasteiger partial charge in [-0.3, -0.25) is 0 Å². The van der Waals surface area contributed by atoms with Crippen LogP contribution in [0.25, 0.3) is 0 Å². The lowest BCUT2D eigenvalue weighted by Crippen LogP contribution is -2.28. The first-order chi connectivity index (χ1) is 9.40. The molecular formula is C16H23NO2. The lowest BCUT2D eigenvalue weighted by atomic mass is 9.81. The van der Waals surface area contributed by atoms with Gasteiger partial charge in [0.2, 0.25) is 0 Å². The first kappa shape index (κ1) is 12.8. The Morgan fingerprint density at radius 2 is 1.89 bits per heavy atom. The van der Waals surface area contributed by atoms with E-state index in [0.29, 0.717) is 19.3 Å². The smallest absolute Gasteiger partial charge is 0.166 e. The van der Waals surface area contributed by atoms with E-state index in [0.717, 1.165) is 17.4 Å². The van der Waals surface area contributed by atoms with Crippen molar-refractivity contribution in [3.63, 3.8) is 0 Å². The Kier molecular flexibility index (Phi) is 3.92. The molecule has 1 aromatic rings. The van der Waals surface area contributed by atoms with Crippen LogP contribution < -0.4 is 14.8 Å². The Morgan fingerprint density at radius 1 is 1.11 bits per heavy atom. The van der Waals surface area contributed by atoms with E-state index in [2.05, 4.69) is 24.5 Å². The quantitative estimate of drug-likeness (QED) is 0.905. The zero-order valence-electron chi connectivity index (χ0n) is 11.7. The number of ether oxygens (including phenoxy) is 2. The molecule has 0 saturated heterocycles. The molecule has 0 amide bonds. The number of hydrogen-bond donors (Lipinski definition) is 1. The number of rotatable bonds is 3. The van der Waals surface area contributed by atoms with Crippen LogP contribution in [-0.2, 0) is 0 Å². The van der Waals surface area contributed by atoms with Crippen molar-refractivity contribution in [1.29, 1.82) is 0 Å². The van der Waals surface area contributed by atoms with E-state index >= 15 is 0 Å². The van der Waals surface area contributed by atoms with Crippen LogP contribution in [0.2, 0.25) is 0 Å². The maximum atomic E-state index is 5.86. The van der Waals surface area contributed by atoms with Crippen molar-refractivity contribution in [2.24, 2.45) is 5.92 Å². The number of fused-ring (bicyclic) bond motifs is 1. The third kappa shape index (κ3) is 2.57. The summed E-state index contributed by atoms with van der Waals surface area (Å²) in [5, 5.41) is 3.50. The molecule has 1 fully saturated rings. The van der Waals surface area contributed by atoms with E-state index < -0.39 is 0 Å². The minimum atomic E-state index is 0.386. The van der Waals surface area contributed by atoms with E-state index in [1.54, 1.807) is 0 Å². The molecule has 1 N–H and O–H groups in total. The molecule has 1 heterocycles. The predicted molar refractivity (Wildman–Crippen MR) is 75.8 cm³/mol. The molecule has 0 radical (unpaired) electrons. The topological polar surface area (TPSA) is 30.5 Å². The highest BCUT2D eigenvalue weighted by atomic mass is 16.6. The Labute approximate surface area is 115 Å². The highest BCUT2D eigenvalue weighted by Gasteiger charge is 2.28. The molecule has 1 aromatic carbocycles. The molecule has 1 aliphatic carbocycles. The van der Waals surface area contributed by atoms with Gasteiger partial charge in [0.15, 0.2) is 11.5 Å². The molecule has 104 valence electrons. The maximum absolute atomic E-state index is 5.86. The van der Waals surface area contributed by atoms with E-state index in [-0.39, 0.29) is 0 Å². The average molecular weight is 261 g/mol. The Morgan fingerprint density at radius 3 is 2.68 bits per heavy atom. The summed E-state index contributed by atoms with van der Waals surface area (Å²) in [6.45, 7) is 1.31. The molecule has 1 atom stereocenters. The molecule has 0 bridgehead atoms. The van der Waals surface area contributed by atoms with Crippen molar-refractivity contribution < 1.29 is 9.47 Å². The summed E-state index contributed by atoms with van der Waals surface area (Å²) in [5.41, 5.74) is 1.27. The summed E-state index contributed by atoms with van der Waals surface area (Å²) in [6, 6.07) is 6.65. The van der Waals surface area contributed by atoms with E-state index in [4.69, 9.17) is 9.47 Å². The van der Waals surface area contributed by atoms with Gasteiger partial charge < -0.3 is 14.8 Å². The molecule has 0 spiro atoms. The summed E-state index contributed by atoms with van der Waals surface area (Å²) in [5.74, 6) is 2.58. The maximum Gasteiger partial charge on any atom is 0.166 e. The molecule has 3 heteroatoms. The average Bonchev–Trinajstić information content (AvgIpc) is 2.49. The number of hydrogen-bond acceptors (Lipinski definition) is 3. The minimum absolute atomic E-state index is 0.386. The van der Waals surface area contributed by atoms with Gasteiger partial charge in [-0.15, -0.1) is 0 Å². The van der Waals surface area contributed by atoms with Crippen molar-refractivity contribution in [1.82, 2.24) is 5.32 Å². The fourth-order valence-corrected chi connectivity index (χ4v) is 3.45. The van der Waals surface area contributed by atoms with Gasteiger partial charge in [-0.05, 0) is 31.9 Å². The molecule has 1 saturated carbocycles. The van der Waals surface area contributed by atoms with Crippen LogP contribution in [0.4, 0.5) is 0 Å². The van der Waals surface area contributed by atoms with Crippen LogP contribution in [0, 0.1) is 5.92 Å². The lowest BCUT2D eigenvalue weighted by molar-refractivity contribution is 0.166. The Bertz CT molecular complexity index is 427. The Hall–Kier alpha value is -1.22. The third-order valence-electron chi connectivity index (χ3n) is 4.36. The van der Waals surface area contributed by atoms with Crippen molar-refractivity contribution in [2.75, 3.05) is 20.3 Å². The fraction of sp³-hybridized carbons (Fsp3) is 0.625. The second-order valence-electron chi connectivity index (χ2n) is 5.54. The van der Waals surface area contributed by atoms with Crippen LogP contribution in [0.1, 0.15) is 43.7 Å². The first-order valence-electron chi connectivity index (χ1n) is 7.46. The minimum Gasteiger partial charge on any atom is -0.486 e. The SMILES string of the molecule is CNC(c1cccc2c1OCCO2)C1CCCCC1. The fourth-order valence-electron chi connectivity index (χ4n) is 3.45. The molecule has 1 unspecified atom stereocenters. The van der Waals surface area contributed by atoms with Crippen molar-refractivity contribution in [3.05, 3.63) is 23.8 Å². The summed E-state index contributed by atoms with van der Waals surface area (Å²) in [7, 11) is 2.06. The zero-order valence-corrected chi connectivity index (χ0v) is 11.7. The highest BCUT2D eigenvalue weighted by Crippen LogP contribution is 2.42. The van der Waals surface area contributed by atoms with Gasteiger partial charge in [-0.1, -0.05) is 31.4 Å². The second-order valence-corrected chi connectivity index (χ2v) is 5.54. The van der Waals surface area contributed by atoms with Crippen LogP contribution in [-0.4, -0.2) is 20.3 Å². The standard InChI is InChI=1S/C16H23NO2/c1-17-15(12-6-3-2-4-7-12)13-8-5-9-14-16(13)19-11-10-18-14/h5,8-9,12,15,17H,2-4,6-7,10-11H2,1H3. The normalized spacial score (nSPS) is 21.1. The number of benzene rings is 1. The molecule has 3 nitrogen and oxygen atoms in total.